The van der Waals surface area contributed by atoms with Gasteiger partial charge in [-0.15, -0.1) is 0 Å². The smallest absolute Gasteiger partial charge is 0.264 e. The molecule has 2 unspecified atom stereocenters. The Morgan fingerprint density at radius 2 is 1.54 bits per heavy atom. The van der Waals surface area contributed by atoms with Crippen LogP contribution in [0.5, 0.6) is 0 Å². The van der Waals surface area contributed by atoms with Crippen LogP contribution in [0, 0.1) is 0 Å². The zero-order valence-corrected chi connectivity index (χ0v) is 26.1. The molecule has 41 heavy (non-hydrogen) atoms. The van der Waals surface area contributed by atoms with E-state index in [1.54, 1.807) is 48.5 Å². The number of rotatable bonds is 13. The summed E-state index contributed by atoms with van der Waals surface area (Å²) in [7, 11) is -4.13. The Morgan fingerprint density at radius 3 is 2.15 bits per heavy atom. The van der Waals surface area contributed by atoms with Gasteiger partial charge in [-0.2, -0.15) is 0 Å². The number of sulfonamides is 1. The van der Waals surface area contributed by atoms with Gasteiger partial charge in [0.25, 0.3) is 10.0 Å². The molecule has 0 spiro atoms. The number of hydrogen-bond donors (Lipinski definition) is 1. The molecule has 0 aliphatic rings. The standard InChI is InChI=1S/C31H37Cl2N3O4S/c1-5-22(4)34-31(38)28(7-3)35(20-23-17-18-26(32)27(33)19-23)30(37)21-36(29-16-12-11-13-24(29)6-2)41(39,40)25-14-9-8-10-15-25/h8-19,22,28H,5-7,20-21H2,1-4H3,(H,34,38). The third-order valence-corrected chi connectivity index (χ3v) is 9.49. The van der Waals surface area contributed by atoms with Crippen LogP contribution in [0.4, 0.5) is 5.69 Å². The normalized spacial score (nSPS) is 12.8. The van der Waals surface area contributed by atoms with E-state index < -0.39 is 28.5 Å². The van der Waals surface area contributed by atoms with Crippen molar-refractivity contribution in [2.24, 2.45) is 0 Å². The maximum absolute atomic E-state index is 14.2. The van der Waals surface area contributed by atoms with Crippen molar-refractivity contribution in [1.29, 1.82) is 0 Å². The molecule has 3 rings (SSSR count). The van der Waals surface area contributed by atoms with Gasteiger partial charge in [0.2, 0.25) is 11.8 Å². The Hall–Kier alpha value is -3.07. The molecule has 2 atom stereocenters. The first-order chi connectivity index (χ1) is 19.5. The van der Waals surface area contributed by atoms with Gasteiger partial charge in [0.05, 0.1) is 20.6 Å². The zero-order chi connectivity index (χ0) is 30.2. The minimum Gasteiger partial charge on any atom is -0.352 e. The van der Waals surface area contributed by atoms with Gasteiger partial charge >= 0.3 is 0 Å². The predicted molar refractivity (Wildman–Crippen MR) is 166 cm³/mol. The van der Waals surface area contributed by atoms with Gasteiger partial charge in [-0.25, -0.2) is 8.42 Å². The highest BCUT2D eigenvalue weighted by atomic mass is 35.5. The second-order valence-corrected chi connectivity index (χ2v) is 12.5. The highest BCUT2D eigenvalue weighted by Crippen LogP contribution is 2.29. The molecule has 0 aliphatic heterocycles. The van der Waals surface area contributed by atoms with Crippen LogP contribution < -0.4 is 9.62 Å². The van der Waals surface area contributed by atoms with Crippen LogP contribution in [-0.4, -0.2) is 43.8 Å². The molecule has 2 amide bonds. The van der Waals surface area contributed by atoms with Crippen LogP contribution in [0.15, 0.2) is 77.7 Å². The van der Waals surface area contributed by atoms with Gasteiger partial charge in [0.1, 0.15) is 12.6 Å². The lowest BCUT2D eigenvalue weighted by Gasteiger charge is -2.34. The third kappa shape index (κ3) is 8.03. The van der Waals surface area contributed by atoms with Gasteiger partial charge in [-0.1, -0.05) is 86.4 Å². The van der Waals surface area contributed by atoms with Crippen molar-refractivity contribution in [1.82, 2.24) is 10.2 Å². The average Bonchev–Trinajstić information content (AvgIpc) is 2.97. The molecule has 0 radical (unpaired) electrons. The lowest BCUT2D eigenvalue weighted by molar-refractivity contribution is -0.140. The SMILES string of the molecule is CCc1ccccc1N(CC(=O)N(Cc1ccc(Cl)c(Cl)c1)C(CC)C(=O)NC(C)CC)S(=O)(=O)c1ccccc1. The fraction of sp³-hybridized carbons (Fsp3) is 0.355. The summed E-state index contributed by atoms with van der Waals surface area (Å²) < 4.78 is 29.1. The molecular formula is C31H37Cl2N3O4S. The molecule has 0 bridgehead atoms. The number of amides is 2. The number of benzene rings is 3. The van der Waals surface area contributed by atoms with E-state index >= 15 is 0 Å². The Kier molecular flexibility index (Phi) is 11.6. The van der Waals surface area contributed by atoms with E-state index in [0.29, 0.717) is 34.1 Å². The summed E-state index contributed by atoms with van der Waals surface area (Å²) in [5.74, 6) is -0.825. The monoisotopic (exact) mass is 617 g/mol. The van der Waals surface area contributed by atoms with Crippen LogP contribution >= 0.6 is 23.2 Å². The summed E-state index contributed by atoms with van der Waals surface area (Å²) in [5.41, 5.74) is 1.85. The quantitative estimate of drug-likeness (QED) is 0.238. The van der Waals surface area contributed by atoms with E-state index in [9.17, 15) is 18.0 Å². The molecule has 10 heteroatoms. The fourth-order valence-electron chi connectivity index (χ4n) is 4.48. The minimum absolute atomic E-state index is 0.0385. The highest BCUT2D eigenvalue weighted by molar-refractivity contribution is 7.92. The van der Waals surface area contributed by atoms with Crippen molar-refractivity contribution in [2.45, 2.75) is 70.5 Å². The van der Waals surface area contributed by atoms with E-state index in [2.05, 4.69) is 5.32 Å². The fourth-order valence-corrected chi connectivity index (χ4v) is 6.28. The minimum atomic E-state index is -4.13. The molecule has 0 aromatic heterocycles. The number of halogens is 2. The molecule has 0 fully saturated rings. The van der Waals surface area contributed by atoms with Crippen molar-refractivity contribution < 1.29 is 18.0 Å². The van der Waals surface area contributed by atoms with E-state index in [1.807, 2.05) is 39.8 Å². The van der Waals surface area contributed by atoms with Crippen LogP contribution in [0.25, 0.3) is 0 Å². The average molecular weight is 619 g/mol. The van der Waals surface area contributed by atoms with Crippen molar-refractivity contribution in [3.63, 3.8) is 0 Å². The zero-order valence-electron chi connectivity index (χ0n) is 23.8. The summed E-state index contributed by atoms with van der Waals surface area (Å²) >= 11 is 12.4. The number of para-hydroxylation sites is 1. The number of carbonyl (C=O) groups excluding carboxylic acids is 2. The summed E-state index contributed by atoms with van der Waals surface area (Å²) in [6, 6.07) is 19.2. The maximum Gasteiger partial charge on any atom is 0.264 e. The largest absolute Gasteiger partial charge is 0.352 e. The van der Waals surface area contributed by atoms with Gasteiger partial charge in [0.15, 0.2) is 0 Å². The second kappa shape index (κ2) is 14.7. The molecule has 0 heterocycles. The predicted octanol–water partition coefficient (Wildman–Crippen LogP) is 6.47. The van der Waals surface area contributed by atoms with E-state index in [4.69, 9.17) is 23.2 Å². The van der Waals surface area contributed by atoms with Crippen molar-refractivity contribution in [3.05, 3.63) is 94.0 Å². The number of carbonyl (C=O) groups is 2. The van der Waals surface area contributed by atoms with Crippen LogP contribution in [0.1, 0.15) is 51.7 Å². The topological polar surface area (TPSA) is 86.8 Å². The third-order valence-electron chi connectivity index (χ3n) is 6.98. The Balaban J connectivity index is 2.10. The number of nitrogens with zero attached hydrogens (tertiary/aromatic N) is 2. The molecule has 3 aromatic rings. The summed E-state index contributed by atoms with van der Waals surface area (Å²) in [4.78, 5) is 29.1. The molecular weight excluding hydrogens is 581 g/mol. The van der Waals surface area contributed by atoms with E-state index in [-0.39, 0.29) is 23.4 Å². The second-order valence-electron chi connectivity index (χ2n) is 9.82. The molecule has 7 nitrogen and oxygen atoms in total. The number of aryl methyl sites for hydroxylation is 1. The molecule has 0 saturated carbocycles. The van der Waals surface area contributed by atoms with Crippen molar-refractivity contribution in [2.75, 3.05) is 10.8 Å². The van der Waals surface area contributed by atoms with Gasteiger partial charge in [-0.05, 0) is 67.6 Å². The van der Waals surface area contributed by atoms with E-state index in [1.165, 1.54) is 17.0 Å². The first-order valence-corrected chi connectivity index (χ1v) is 15.9. The summed E-state index contributed by atoms with van der Waals surface area (Å²) in [6.45, 7) is 7.14. The van der Waals surface area contributed by atoms with Crippen molar-refractivity contribution in [3.8, 4) is 0 Å². The summed E-state index contributed by atoms with van der Waals surface area (Å²) in [6.07, 6.45) is 1.61. The first-order valence-electron chi connectivity index (χ1n) is 13.7. The highest BCUT2D eigenvalue weighted by Gasteiger charge is 2.34. The van der Waals surface area contributed by atoms with Gasteiger partial charge < -0.3 is 10.2 Å². The lowest BCUT2D eigenvalue weighted by Crippen LogP contribution is -2.53. The van der Waals surface area contributed by atoms with Crippen molar-refractivity contribution >= 4 is 50.7 Å². The van der Waals surface area contributed by atoms with E-state index in [0.717, 1.165) is 16.3 Å². The molecule has 3 aromatic carbocycles. The first kappa shape index (κ1) is 32.4. The van der Waals surface area contributed by atoms with Crippen LogP contribution in [0.2, 0.25) is 10.0 Å². The maximum atomic E-state index is 14.2. The molecule has 0 aliphatic carbocycles. The van der Waals surface area contributed by atoms with Gasteiger partial charge in [-0.3, -0.25) is 13.9 Å². The van der Waals surface area contributed by atoms with Gasteiger partial charge in [0, 0.05) is 12.6 Å². The Bertz CT molecular complexity index is 1450. The Labute approximate surface area is 253 Å². The molecule has 0 saturated heterocycles. The number of nitrogens with one attached hydrogen (secondary N) is 1. The lowest BCUT2D eigenvalue weighted by atomic mass is 10.1. The Morgan fingerprint density at radius 1 is 0.878 bits per heavy atom. The molecule has 1 N–H and O–H groups in total. The number of anilines is 1. The summed E-state index contributed by atoms with van der Waals surface area (Å²) in [5, 5.41) is 3.65. The van der Waals surface area contributed by atoms with Crippen LogP contribution in [0.3, 0.4) is 0 Å². The molecule has 220 valence electrons. The van der Waals surface area contributed by atoms with Crippen LogP contribution in [-0.2, 0) is 32.6 Å². The number of hydrogen-bond acceptors (Lipinski definition) is 4.